The van der Waals surface area contributed by atoms with E-state index >= 15 is 0 Å². The number of hydrogen-bond acceptors (Lipinski definition) is 2. The second-order valence-electron chi connectivity index (χ2n) is 6.77. The van der Waals surface area contributed by atoms with Gasteiger partial charge >= 0.3 is 0 Å². The SMILES string of the molecule is Cc1ccc(-c2ncc(-c3ccc(OCc4ccccc4)c(C)c3)[nH]2)cc1. The molecule has 0 aliphatic carbocycles. The Morgan fingerprint density at radius 1 is 0.852 bits per heavy atom. The molecule has 0 bridgehead atoms. The second-order valence-corrected chi connectivity index (χ2v) is 6.77. The highest BCUT2D eigenvalue weighted by atomic mass is 16.5. The Balaban J connectivity index is 1.51. The number of aromatic amines is 1. The van der Waals surface area contributed by atoms with Gasteiger partial charge in [-0.25, -0.2) is 4.98 Å². The maximum absolute atomic E-state index is 5.97. The Morgan fingerprint density at radius 3 is 2.33 bits per heavy atom. The average molecular weight is 354 g/mol. The van der Waals surface area contributed by atoms with Crippen LogP contribution >= 0.6 is 0 Å². The predicted octanol–water partition coefficient (Wildman–Crippen LogP) is 5.94. The van der Waals surface area contributed by atoms with Crippen molar-refractivity contribution in [1.82, 2.24) is 9.97 Å². The lowest BCUT2D eigenvalue weighted by atomic mass is 10.1. The lowest BCUT2D eigenvalue weighted by Gasteiger charge is -2.10. The molecule has 0 amide bonds. The Bertz CT molecular complexity index is 1030. The Labute approximate surface area is 159 Å². The molecule has 0 spiro atoms. The first-order valence-corrected chi connectivity index (χ1v) is 9.09. The van der Waals surface area contributed by atoms with Crippen molar-refractivity contribution >= 4 is 0 Å². The van der Waals surface area contributed by atoms with Crippen molar-refractivity contribution in [2.75, 3.05) is 0 Å². The molecule has 0 saturated heterocycles. The van der Waals surface area contributed by atoms with Gasteiger partial charge in [-0.15, -0.1) is 0 Å². The summed E-state index contributed by atoms with van der Waals surface area (Å²) in [4.78, 5) is 7.95. The number of ether oxygens (including phenoxy) is 1. The number of nitrogens with one attached hydrogen (secondary N) is 1. The van der Waals surface area contributed by atoms with Crippen molar-refractivity contribution in [3.63, 3.8) is 0 Å². The van der Waals surface area contributed by atoms with E-state index in [2.05, 4.69) is 72.3 Å². The van der Waals surface area contributed by atoms with Gasteiger partial charge in [0.25, 0.3) is 0 Å². The third-order valence-electron chi connectivity index (χ3n) is 4.62. The maximum Gasteiger partial charge on any atom is 0.137 e. The van der Waals surface area contributed by atoms with Crippen molar-refractivity contribution in [3.8, 4) is 28.4 Å². The summed E-state index contributed by atoms with van der Waals surface area (Å²) in [5, 5.41) is 0. The zero-order valence-electron chi connectivity index (χ0n) is 15.6. The van der Waals surface area contributed by atoms with Gasteiger partial charge in [-0.1, -0.05) is 60.2 Å². The van der Waals surface area contributed by atoms with Gasteiger partial charge in [0.2, 0.25) is 0 Å². The number of aromatic nitrogens is 2. The highest BCUT2D eigenvalue weighted by Gasteiger charge is 2.08. The molecule has 1 heterocycles. The molecule has 0 fully saturated rings. The largest absolute Gasteiger partial charge is 0.489 e. The molecule has 4 aromatic rings. The van der Waals surface area contributed by atoms with Crippen LogP contribution in [0.2, 0.25) is 0 Å². The lowest BCUT2D eigenvalue weighted by molar-refractivity contribution is 0.304. The minimum atomic E-state index is 0.572. The van der Waals surface area contributed by atoms with E-state index in [1.165, 1.54) is 5.56 Å². The first kappa shape index (κ1) is 17.1. The number of benzene rings is 3. The molecule has 3 aromatic carbocycles. The molecule has 134 valence electrons. The van der Waals surface area contributed by atoms with Crippen LogP contribution in [0.5, 0.6) is 5.75 Å². The van der Waals surface area contributed by atoms with Gasteiger partial charge in [-0.05, 0) is 43.2 Å². The van der Waals surface area contributed by atoms with Crippen LogP contribution in [0.3, 0.4) is 0 Å². The number of hydrogen-bond donors (Lipinski definition) is 1. The number of H-pyrrole nitrogens is 1. The number of aryl methyl sites for hydroxylation is 2. The van der Waals surface area contributed by atoms with Gasteiger partial charge in [0, 0.05) is 11.1 Å². The third kappa shape index (κ3) is 3.93. The standard InChI is InChI=1S/C24H22N2O/c1-17-8-10-20(11-9-17)24-25-15-22(26-24)21-12-13-23(18(2)14-21)27-16-19-6-4-3-5-7-19/h3-15H,16H2,1-2H3,(H,25,26). The van der Waals surface area contributed by atoms with E-state index in [1.54, 1.807) is 0 Å². The molecule has 0 saturated carbocycles. The molecule has 3 nitrogen and oxygen atoms in total. The van der Waals surface area contributed by atoms with Gasteiger partial charge in [-0.2, -0.15) is 0 Å². The summed E-state index contributed by atoms with van der Waals surface area (Å²) >= 11 is 0. The smallest absolute Gasteiger partial charge is 0.137 e. The van der Waals surface area contributed by atoms with Gasteiger partial charge < -0.3 is 9.72 Å². The third-order valence-corrected chi connectivity index (χ3v) is 4.62. The summed E-state index contributed by atoms with van der Waals surface area (Å²) in [7, 11) is 0. The van der Waals surface area contributed by atoms with Crippen LogP contribution in [-0.4, -0.2) is 9.97 Å². The van der Waals surface area contributed by atoms with Gasteiger partial charge in [-0.3, -0.25) is 0 Å². The van der Waals surface area contributed by atoms with Crippen molar-refractivity contribution in [1.29, 1.82) is 0 Å². The van der Waals surface area contributed by atoms with E-state index in [9.17, 15) is 0 Å². The highest BCUT2D eigenvalue weighted by Crippen LogP contribution is 2.27. The van der Waals surface area contributed by atoms with E-state index in [0.717, 1.165) is 39.5 Å². The molecular weight excluding hydrogens is 332 g/mol. The van der Waals surface area contributed by atoms with Gasteiger partial charge in [0.15, 0.2) is 0 Å². The van der Waals surface area contributed by atoms with E-state index in [4.69, 9.17) is 4.74 Å². The Kier molecular flexibility index (Phi) is 4.75. The second kappa shape index (κ2) is 7.50. The molecule has 0 unspecified atom stereocenters. The number of nitrogens with zero attached hydrogens (tertiary/aromatic N) is 1. The molecule has 0 radical (unpaired) electrons. The van der Waals surface area contributed by atoms with E-state index in [0.29, 0.717) is 6.61 Å². The maximum atomic E-state index is 5.97. The van der Waals surface area contributed by atoms with E-state index in [1.807, 2.05) is 30.5 Å². The minimum absolute atomic E-state index is 0.572. The quantitative estimate of drug-likeness (QED) is 0.481. The van der Waals surface area contributed by atoms with Crippen LogP contribution in [0.15, 0.2) is 79.0 Å². The van der Waals surface area contributed by atoms with Crippen molar-refractivity contribution in [2.24, 2.45) is 0 Å². The zero-order chi connectivity index (χ0) is 18.6. The summed E-state index contributed by atoms with van der Waals surface area (Å²) in [5.41, 5.74) is 6.71. The topological polar surface area (TPSA) is 37.9 Å². The monoisotopic (exact) mass is 354 g/mol. The number of rotatable bonds is 5. The summed E-state index contributed by atoms with van der Waals surface area (Å²) in [6.45, 7) is 4.73. The molecule has 1 aromatic heterocycles. The summed E-state index contributed by atoms with van der Waals surface area (Å²) in [6, 6.07) is 24.8. The fourth-order valence-electron chi connectivity index (χ4n) is 3.04. The van der Waals surface area contributed by atoms with Crippen LogP contribution in [-0.2, 0) is 6.61 Å². The molecule has 1 N–H and O–H groups in total. The lowest BCUT2D eigenvalue weighted by Crippen LogP contribution is -1.97. The zero-order valence-corrected chi connectivity index (χ0v) is 15.6. The van der Waals surface area contributed by atoms with E-state index < -0.39 is 0 Å². The molecular formula is C24H22N2O. The Morgan fingerprint density at radius 2 is 1.59 bits per heavy atom. The summed E-state index contributed by atoms with van der Waals surface area (Å²) < 4.78 is 5.97. The molecule has 27 heavy (non-hydrogen) atoms. The fraction of sp³-hybridized carbons (Fsp3) is 0.125. The molecule has 4 rings (SSSR count). The van der Waals surface area contributed by atoms with Gasteiger partial charge in [0.05, 0.1) is 11.9 Å². The van der Waals surface area contributed by atoms with Crippen LogP contribution in [0.25, 0.3) is 22.6 Å². The molecule has 0 aliphatic rings. The first-order valence-electron chi connectivity index (χ1n) is 9.09. The van der Waals surface area contributed by atoms with E-state index in [-0.39, 0.29) is 0 Å². The van der Waals surface area contributed by atoms with Gasteiger partial charge in [0.1, 0.15) is 18.2 Å². The van der Waals surface area contributed by atoms with Crippen molar-refractivity contribution < 1.29 is 4.74 Å². The highest BCUT2D eigenvalue weighted by molar-refractivity contribution is 5.66. The molecule has 0 aliphatic heterocycles. The van der Waals surface area contributed by atoms with Crippen LogP contribution in [0.4, 0.5) is 0 Å². The number of imidazole rings is 1. The predicted molar refractivity (Wildman–Crippen MR) is 110 cm³/mol. The van der Waals surface area contributed by atoms with Crippen LogP contribution < -0.4 is 4.74 Å². The normalized spacial score (nSPS) is 10.7. The van der Waals surface area contributed by atoms with Crippen molar-refractivity contribution in [3.05, 3.63) is 95.7 Å². The Hall–Kier alpha value is -3.33. The van der Waals surface area contributed by atoms with Crippen LogP contribution in [0.1, 0.15) is 16.7 Å². The van der Waals surface area contributed by atoms with Crippen LogP contribution in [0, 0.1) is 13.8 Å². The minimum Gasteiger partial charge on any atom is -0.489 e. The van der Waals surface area contributed by atoms with Crippen molar-refractivity contribution in [2.45, 2.75) is 20.5 Å². The first-order chi connectivity index (χ1) is 13.2. The molecule has 0 atom stereocenters. The average Bonchev–Trinajstić information content (AvgIpc) is 3.18. The summed E-state index contributed by atoms with van der Waals surface area (Å²) in [6.07, 6.45) is 1.88. The molecule has 3 heteroatoms. The fourth-order valence-corrected chi connectivity index (χ4v) is 3.04. The summed E-state index contributed by atoms with van der Waals surface area (Å²) in [5.74, 6) is 1.79.